The second kappa shape index (κ2) is 5.25. The van der Waals surface area contributed by atoms with Gasteiger partial charge in [0.1, 0.15) is 12.4 Å². The fourth-order valence-electron chi connectivity index (χ4n) is 2.33. The smallest absolute Gasteiger partial charge is 0.200 e. The zero-order valence-electron chi connectivity index (χ0n) is 11.2. The summed E-state index contributed by atoms with van der Waals surface area (Å²) in [5.74, 6) is 1.09. The van der Waals surface area contributed by atoms with Crippen molar-refractivity contribution in [1.29, 1.82) is 0 Å². The molecular weight excluding hydrogens is 254 g/mol. The van der Waals surface area contributed by atoms with Crippen molar-refractivity contribution in [2.24, 2.45) is 0 Å². The number of hydrogen-bond acceptors (Lipinski definition) is 4. The van der Waals surface area contributed by atoms with Gasteiger partial charge in [-0.15, -0.1) is 0 Å². The van der Waals surface area contributed by atoms with Crippen molar-refractivity contribution in [2.75, 3.05) is 25.6 Å². The van der Waals surface area contributed by atoms with E-state index in [-0.39, 0.29) is 5.78 Å². The number of anilines is 1. The molecule has 1 aliphatic heterocycles. The highest BCUT2D eigenvalue weighted by molar-refractivity contribution is 6.13. The maximum Gasteiger partial charge on any atom is 0.200 e. The first-order valence-electron chi connectivity index (χ1n) is 6.48. The molecule has 0 aliphatic carbocycles. The molecule has 0 spiro atoms. The van der Waals surface area contributed by atoms with Crippen molar-refractivity contribution in [3.05, 3.63) is 53.6 Å². The van der Waals surface area contributed by atoms with Gasteiger partial charge in [-0.05, 0) is 24.3 Å². The van der Waals surface area contributed by atoms with Gasteiger partial charge >= 0.3 is 0 Å². The molecule has 0 radical (unpaired) electrons. The Morgan fingerprint density at radius 1 is 1.15 bits per heavy atom. The fraction of sp³-hybridized carbons (Fsp3) is 0.188. The van der Waals surface area contributed by atoms with Crippen LogP contribution in [-0.2, 0) is 0 Å². The summed E-state index contributed by atoms with van der Waals surface area (Å²) in [5, 5.41) is 3.23. The first-order chi connectivity index (χ1) is 9.81. The van der Waals surface area contributed by atoms with E-state index in [1.165, 1.54) is 0 Å². The summed E-state index contributed by atoms with van der Waals surface area (Å²) in [6.07, 6.45) is 0. The molecule has 3 rings (SSSR count). The summed E-state index contributed by atoms with van der Waals surface area (Å²) in [5.41, 5.74) is 1.95. The Morgan fingerprint density at radius 2 is 1.95 bits per heavy atom. The topological polar surface area (TPSA) is 47.6 Å². The van der Waals surface area contributed by atoms with Crippen molar-refractivity contribution in [3.63, 3.8) is 0 Å². The second-order valence-corrected chi connectivity index (χ2v) is 4.49. The lowest BCUT2D eigenvalue weighted by Crippen LogP contribution is -2.20. The van der Waals surface area contributed by atoms with Crippen LogP contribution in [0, 0.1) is 0 Å². The molecule has 0 saturated carbocycles. The number of fused-ring (bicyclic) bond motifs is 1. The van der Waals surface area contributed by atoms with E-state index >= 15 is 0 Å². The molecule has 0 amide bonds. The number of ether oxygens (including phenoxy) is 2. The Hall–Kier alpha value is -2.49. The minimum atomic E-state index is -0.0944. The van der Waals surface area contributed by atoms with Crippen LogP contribution >= 0.6 is 0 Å². The minimum absolute atomic E-state index is 0.0944. The Balaban J connectivity index is 2.07. The van der Waals surface area contributed by atoms with Gasteiger partial charge in [0.2, 0.25) is 5.78 Å². The van der Waals surface area contributed by atoms with Crippen LogP contribution in [0.2, 0.25) is 0 Å². The van der Waals surface area contributed by atoms with Crippen LogP contribution in [0.3, 0.4) is 0 Å². The lowest BCUT2D eigenvalue weighted by molar-refractivity contribution is 0.103. The number of para-hydroxylation sites is 2. The molecule has 1 heterocycles. The Labute approximate surface area is 117 Å². The molecule has 2 aromatic carbocycles. The molecule has 0 bridgehead atoms. The molecular formula is C16H15NO3. The summed E-state index contributed by atoms with van der Waals surface area (Å²) < 4.78 is 10.9. The number of carbonyl (C=O) groups excluding carboxylic acids is 1. The van der Waals surface area contributed by atoms with E-state index < -0.39 is 0 Å². The van der Waals surface area contributed by atoms with Gasteiger partial charge in [0.05, 0.1) is 23.9 Å². The molecule has 4 nitrogen and oxygen atoms in total. The summed E-state index contributed by atoms with van der Waals surface area (Å²) in [7, 11) is 1.56. The maximum absolute atomic E-state index is 12.7. The summed E-state index contributed by atoms with van der Waals surface area (Å²) in [4.78, 5) is 12.7. The van der Waals surface area contributed by atoms with Crippen LogP contribution in [0.4, 0.5) is 5.69 Å². The highest BCUT2D eigenvalue weighted by Gasteiger charge is 2.22. The van der Waals surface area contributed by atoms with Gasteiger partial charge in [-0.2, -0.15) is 0 Å². The highest BCUT2D eigenvalue weighted by atomic mass is 16.5. The van der Waals surface area contributed by atoms with E-state index in [0.29, 0.717) is 29.2 Å². The van der Waals surface area contributed by atoms with Gasteiger partial charge in [0.15, 0.2) is 5.75 Å². The van der Waals surface area contributed by atoms with Gasteiger partial charge in [-0.1, -0.05) is 18.2 Å². The molecule has 20 heavy (non-hydrogen) atoms. The monoisotopic (exact) mass is 269 g/mol. The van der Waals surface area contributed by atoms with Gasteiger partial charge in [0, 0.05) is 6.54 Å². The van der Waals surface area contributed by atoms with Gasteiger partial charge in [-0.25, -0.2) is 0 Å². The van der Waals surface area contributed by atoms with E-state index in [9.17, 15) is 4.79 Å². The van der Waals surface area contributed by atoms with Crippen LogP contribution in [0.5, 0.6) is 11.5 Å². The summed E-state index contributed by atoms with van der Waals surface area (Å²) in [6, 6.07) is 12.7. The maximum atomic E-state index is 12.7. The molecule has 2 aromatic rings. The third kappa shape index (κ3) is 2.09. The van der Waals surface area contributed by atoms with Crippen molar-refractivity contribution in [3.8, 4) is 11.5 Å². The van der Waals surface area contributed by atoms with Crippen molar-refractivity contribution in [1.82, 2.24) is 0 Å². The third-order valence-corrected chi connectivity index (χ3v) is 3.28. The predicted molar refractivity (Wildman–Crippen MR) is 76.9 cm³/mol. The van der Waals surface area contributed by atoms with Gasteiger partial charge in [0.25, 0.3) is 0 Å². The van der Waals surface area contributed by atoms with Crippen molar-refractivity contribution < 1.29 is 14.3 Å². The number of nitrogens with one attached hydrogen (secondary N) is 1. The summed E-state index contributed by atoms with van der Waals surface area (Å²) in [6.45, 7) is 1.31. The quantitative estimate of drug-likeness (QED) is 0.870. The normalized spacial score (nSPS) is 12.8. The van der Waals surface area contributed by atoms with Crippen molar-refractivity contribution >= 4 is 11.5 Å². The van der Waals surface area contributed by atoms with Crippen LogP contribution in [0.25, 0.3) is 0 Å². The molecule has 0 saturated heterocycles. The average Bonchev–Trinajstić information content (AvgIpc) is 2.53. The third-order valence-electron chi connectivity index (χ3n) is 3.28. The van der Waals surface area contributed by atoms with Gasteiger partial charge in [-0.3, -0.25) is 4.79 Å². The fourth-order valence-corrected chi connectivity index (χ4v) is 2.33. The molecule has 0 unspecified atom stereocenters. The first kappa shape index (κ1) is 12.5. The standard InChI is InChI=1S/C16H15NO3/c1-19-14-8-3-2-5-11(14)15(18)12-6-4-7-13-16(12)20-10-9-17-13/h2-8,17H,9-10H2,1H3. The van der Waals surface area contributed by atoms with Crippen LogP contribution in [0.15, 0.2) is 42.5 Å². The molecule has 4 heteroatoms. The first-order valence-corrected chi connectivity index (χ1v) is 6.48. The van der Waals surface area contributed by atoms with Crippen LogP contribution < -0.4 is 14.8 Å². The van der Waals surface area contributed by atoms with E-state index in [2.05, 4.69) is 5.32 Å². The van der Waals surface area contributed by atoms with Crippen LogP contribution in [0.1, 0.15) is 15.9 Å². The van der Waals surface area contributed by atoms with E-state index in [4.69, 9.17) is 9.47 Å². The number of methoxy groups -OCH3 is 1. The van der Waals surface area contributed by atoms with E-state index in [1.54, 1.807) is 25.3 Å². The minimum Gasteiger partial charge on any atom is -0.496 e. The number of benzene rings is 2. The van der Waals surface area contributed by atoms with Crippen LogP contribution in [-0.4, -0.2) is 26.0 Å². The number of hydrogen-bond donors (Lipinski definition) is 1. The lowest BCUT2D eigenvalue weighted by atomic mass is 10.0. The van der Waals surface area contributed by atoms with Crippen molar-refractivity contribution in [2.45, 2.75) is 0 Å². The number of carbonyl (C=O) groups is 1. The predicted octanol–water partition coefficient (Wildman–Crippen LogP) is 2.73. The Morgan fingerprint density at radius 3 is 2.80 bits per heavy atom. The lowest BCUT2D eigenvalue weighted by Gasteiger charge is -2.21. The largest absolute Gasteiger partial charge is 0.496 e. The molecule has 0 atom stereocenters. The number of ketones is 1. The molecule has 1 aliphatic rings. The Kier molecular flexibility index (Phi) is 3.29. The average molecular weight is 269 g/mol. The molecule has 0 fully saturated rings. The SMILES string of the molecule is COc1ccccc1C(=O)c1cccc2c1OCCN2. The zero-order chi connectivity index (χ0) is 13.9. The van der Waals surface area contributed by atoms with E-state index in [1.807, 2.05) is 24.3 Å². The zero-order valence-corrected chi connectivity index (χ0v) is 11.2. The molecule has 1 N–H and O–H groups in total. The second-order valence-electron chi connectivity index (χ2n) is 4.49. The number of rotatable bonds is 3. The van der Waals surface area contributed by atoms with E-state index in [0.717, 1.165) is 12.2 Å². The Bertz CT molecular complexity index is 652. The molecule has 0 aromatic heterocycles. The molecule has 102 valence electrons. The summed E-state index contributed by atoms with van der Waals surface area (Å²) >= 11 is 0. The van der Waals surface area contributed by atoms with Gasteiger partial charge < -0.3 is 14.8 Å². The highest BCUT2D eigenvalue weighted by Crippen LogP contribution is 2.34.